The SMILES string of the molecule is COc1ccc(COc2nc(OCc3cccc(-c4cccc(COc5nc(OCc6ccc(OC)nc6)c(CNC[C@@H](O)CC(=O)O)cc5Br)c4C)c3C)c(Br)cc2CCC[C@@H](O)CC(=O)O)cn1. The Kier molecular flexibility index (Phi) is 19.7. The zero-order chi connectivity index (χ0) is 50.2. The molecule has 6 rings (SSSR count). The summed E-state index contributed by atoms with van der Waals surface area (Å²) < 4.78 is 36.7. The van der Waals surface area contributed by atoms with Crippen molar-refractivity contribution in [1.82, 2.24) is 25.3 Å². The van der Waals surface area contributed by atoms with Gasteiger partial charge in [0.2, 0.25) is 35.3 Å². The van der Waals surface area contributed by atoms with Gasteiger partial charge >= 0.3 is 11.9 Å². The molecular formula is C51H55Br2N5O12. The number of pyridine rings is 4. The molecule has 19 heteroatoms. The number of hydrogen-bond donors (Lipinski definition) is 5. The number of aromatic nitrogens is 4. The first-order valence-electron chi connectivity index (χ1n) is 22.3. The molecule has 370 valence electrons. The van der Waals surface area contributed by atoms with Gasteiger partial charge in [-0.15, -0.1) is 0 Å². The third kappa shape index (κ3) is 15.3. The molecule has 0 fully saturated rings. The number of methoxy groups -OCH3 is 2. The van der Waals surface area contributed by atoms with E-state index in [-0.39, 0.29) is 58.2 Å². The van der Waals surface area contributed by atoms with E-state index in [0.29, 0.717) is 63.2 Å². The monoisotopic (exact) mass is 1090 g/mol. The van der Waals surface area contributed by atoms with Crippen LogP contribution in [0.2, 0.25) is 0 Å². The van der Waals surface area contributed by atoms with E-state index in [1.165, 1.54) is 7.11 Å². The predicted molar refractivity (Wildman–Crippen MR) is 265 cm³/mol. The summed E-state index contributed by atoms with van der Waals surface area (Å²) in [6, 6.07) is 23.0. The van der Waals surface area contributed by atoms with Crippen LogP contribution in [0.1, 0.15) is 70.2 Å². The molecule has 2 aromatic carbocycles. The van der Waals surface area contributed by atoms with Gasteiger partial charge in [0, 0.05) is 59.9 Å². The molecule has 0 aliphatic heterocycles. The molecule has 0 spiro atoms. The second-order valence-corrected chi connectivity index (χ2v) is 18.0. The third-order valence-corrected chi connectivity index (χ3v) is 12.3. The quantitative estimate of drug-likeness (QED) is 0.0325. The number of nitrogens with one attached hydrogen (secondary N) is 1. The summed E-state index contributed by atoms with van der Waals surface area (Å²) in [5.41, 5.74) is 8.90. The molecule has 0 radical (unpaired) electrons. The Balaban J connectivity index is 1.17. The van der Waals surface area contributed by atoms with E-state index in [1.807, 2.05) is 62.4 Å². The van der Waals surface area contributed by atoms with Gasteiger partial charge in [-0.25, -0.2) is 9.97 Å². The van der Waals surface area contributed by atoms with Crippen LogP contribution in [0.15, 0.2) is 94.1 Å². The maximum Gasteiger partial charge on any atom is 0.306 e. The van der Waals surface area contributed by atoms with Crippen molar-refractivity contribution in [2.45, 2.75) is 91.1 Å². The molecule has 0 saturated carbocycles. The molecule has 6 aromatic rings. The Labute approximate surface area is 422 Å². The van der Waals surface area contributed by atoms with Crippen LogP contribution in [-0.4, -0.2) is 85.3 Å². The van der Waals surface area contributed by atoms with Crippen molar-refractivity contribution in [3.8, 4) is 46.4 Å². The zero-order valence-corrected chi connectivity index (χ0v) is 42.3. The standard InChI is InChI=1S/C51H55Br2N5O12/c1-30-35(28-69-50-42(52)18-34(8-5-11-38(59)20-46(61)62)48(57-50)67-26-32-14-16-44(65-3)55-22-32)9-6-12-40(30)41-13-7-10-36(31(41)2)29-70-51-43(53)19-37(24-54-25-39(60)21-47(63)64)49(58-51)68-27-33-15-17-45(66-4)56-23-33/h6-7,9-10,12-19,22-23,38-39,54,59-60H,5,8,11,20-21,24-29H2,1-4H3,(H,61,62)(H,63,64)/t38-,39+/m1/s1. The predicted octanol–water partition coefficient (Wildman–Crippen LogP) is 8.49. The molecule has 17 nitrogen and oxygen atoms in total. The van der Waals surface area contributed by atoms with E-state index in [0.717, 1.165) is 50.1 Å². The Morgan fingerprint density at radius 2 is 1.09 bits per heavy atom. The Hall–Kier alpha value is -6.38. The first-order chi connectivity index (χ1) is 33.7. The van der Waals surface area contributed by atoms with E-state index in [1.54, 1.807) is 31.6 Å². The summed E-state index contributed by atoms with van der Waals surface area (Å²) in [7, 11) is 3.08. The zero-order valence-electron chi connectivity index (χ0n) is 39.1. The molecule has 0 saturated heterocycles. The van der Waals surface area contributed by atoms with Crippen molar-refractivity contribution in [3.63, 3.8) is 0 Å². The molecule has 4 aromatic heterocycles. The molecule has 0 bridgehead atoms. The summed E-state index contributed by atoms with van der Waals surface area (Å²) in [4.78, 5) is 40.2. The molecule has 0 unspecified atom stereocenters. The van der Waals surface area contributed by atoms with Crippen molar-refractivity contribution in [2.75, 3.05) is 20.8 Å². The lowest BCUT2D eigenvalue weighted by atomic mass is 9.92. The lowest BCUT2D eigenvalue weighted by molar-refractivity contribution is -0.140. The first-order valence-corrected chi connectivity index (χ1v) is 23.8. The van der Waals surface area contributed by atoms with E-state index < -0.39 is 24.1 Å². The van der Waals surface area contributed by atoms with Crippen molar-refractivity contribution in [2.24, 2.45) is 0 Å². The van der Waals surface area contributed by atoms with Gasteiger partial charge in [-0.3, -0.25) is 9.59 Å². The average molecular weight is 1090 g/mol. The van der Waals surface area contributed by atoms with Gasteiger partial charge in [-0.05, 0) is 123 Å². The van der Waals surface area contributed by atoms with Crippen LogP contribution in [0.25, 0.3) is 11.1 Å². The van der Waals surface area contributed by atoms with E-state index in [4.69, 9.17) is 48.6 Å². The molecule has 0 aliphatic rings. The van der Waals surface area contributed by atoms with E-state index >= 15 is 0 Å². The Morgan fingerprint density at radius 3 is 1.56 bits per heavy atom. The summed E-state index contributed by atoms with van der Waals surface area (Å²) in [5, 5.41) is 41.5. The topological polar surface area (TPSA) is 234 Å². The second kappa shape index (κ2) is 26.0. The molecular weight excluding hydrogens is 1030 g/mol. The number of carbonyl (C=O) groups is 2. The van der Waals surface area contributed by atoms with Crippen LogP contribution < -0.4 is 33.7 Å². The van der Waals surface area contributed by atoms with Gasteiger partial charge < -0.3 is 54.2 Å². The van der Waals surface area contributed by atoms with Gasteiger partial charge in [-0.2, -0.15) is 9.97 Å². The van der Waals surface area contributed by atoms with Crippen LogP contribution in [0.3, 0.4) is 0 Å². The number of ether oxygens (including phenoxy) is 6. The molecule has 0 amide bonds. The van der Waals surface area contributed by atoms with Crippen LogP contribution in [-0.2, 0) is 49.0 Å². The molecule has 0 aliphatic carbocycles. The fraction of sp³-hybridized carbons (Fsp3) is 0.333. The Morgan fingerprint density at radius 1 is 0.614 bits per heavy atom. The van der Waals surface area contributed by atoms with Crippen molar-refractivity contribution < 1.29 is 58.4 Å². The van der Waals surface area contributed by atoms with Crippen molar-refractivity contribution in [1.29, 1.82) is 0 Å². The number of aliphatic hydroxyl groups is 2. The first kappa shape index (κ1) is 53.0. The lowest BCUT2D eigenvalue weighted by Crippen LogP contribution is -2.28. The molecule has 4 heterocycles. The summed E-state index contributed by atoms with van der Waals surface area (Å²) >= 11 is 7.25. The van der Waals surface area contributed by atoms with Gasteiger partial charge in [-0.1, -0.05) is 36.4 Å². The van der Waals surface area contributed by atoms with E-state index in [9.17, 15) is 19.8 Å². The van der Waals surface area contributed by atoms with E-state index in [2.05, 4.69) is 59.3 Å². The number of hydrogen-bond acceptors (Lipinski definition) is 15. The smallest absolute Gasteiger partial charge is 0.306 e. The third-order valence-electron chi connectivity index (χ3n) is 11.1. The molecule has 5 N–H and O–H groups in total. The van der Waals surface area contributed by atoms with Gasteiger partial charge in [0.15, 0.2) is 0 Å². The van der Waals surface area contributed by atoms with Crippen molar-refractivity contribution in [3.05, 3.63) is 139 Å². The normalized spacial score (nSPS) is 11.9. The van der Waals surface area contributed by atoms with Gasteiger partial charge in [0.1, 0.15) is 26.4 Å². The van der Waals surface area contributed by atoms with Gasteiger partial charge in [0.25, 0.3) is 0 Å². The number of carboxylic acid groups (broad SMARTS) is 2. The highest BCUT2D eigenvalue weighted by molar-refractivity contribution is 9.10. The minimum Gasteiger partial charge on any atom is -0.481 e. The lowest BCUT2D eigenvalue weighted by Gasteiger charge is -2.18. The molecule has 2 atom stereocenters. The van der Waals surface area contributed by atoms with Crippen LogP contribution in [0, 0.1) is 13.8 Å². The highest BCUT2D eigenvalue weighted by atomic mass is 79.9. The maximum atomic E-state index is 11.1. The number of aliphatic hydroxyl groups excluding tert-OH is 2. The number of rotatable bonds is 27. The largest absolute Gasteiger partial charge is 0.481 e. The fourth-order valence-corrected chi connectivity index (χ4v) is 8.28. The summed E-state index contributed by atoms with van der Waals surface area (Å²) in [6.45, 7) is 5.08. The fourth-order valence-electron chi connectivity index (χ4n) is 7.32. The number of aliphatic carboxylic acids is 2. The number of nitrogens with zero attached hydrogens (tertiary/aromatic N) is 4. The highest BCUT2D eigenvalue weighted by Crippen LogP contribution is 2.35. The number of halogens is 2. The summed E-state index contributed by atoms with van der Waals surface area (Å²) in [6.07, 6.45) is 1.84. The highest BCUT2D eigenvalue weighted by Gasteiger charge is 2.19. The second-order valence-electron chi connectivity index (χ2n) is 16.3. The Bertz CT molecular complexity index is 2530. The maximum absolute atomic E-state index is 11.1. The van der Waals surface area contributed by atoms with Crippen LogP contribution in [0.5, 0.6) is 35.3 Å². The average Bonchev–Trinajstić information content (AvgIpc) is 3.33. The van der Waals surface area contributed by atoms with Crippen LogP contribution in [0.4, 0.5) is 0 Å². The van der Waals surface area contributed by atoms with Crippen molar-refractivity contribution >= 4 is 43.8 Å². The summed E-state index contributed by atoms with van der Waals surface area (Å²) in [5.74, 6) is 0.0481. The minimum absolute atomic E-state index is 0.0492. The van der Waals surface area contributed by atoms with Crippen LogP contribution >= 0.6 is 31.9 Å². The number of carboxylic acids is 2. The number of benzene rings is 2. The van der Waals surface area contributed by atoms with Gasteiger partial charge in [0.05, 0.1) is 48.2 Å². The molecule has 70 heavy (non-hydrogen) atoms. The number of aryl methyl sites for hydroxylation is 1. The minimum atomic E-state index is -1.09.